The molecule has 1 saturated heterocycles. The molecule has 1 atom stereocenters. The molecule has 1 fully saturated rings. The van der Waals surface area contributed by atoms with Crippen LogP contribution in [0, 0.1) is 5.92 Å². The zero-order valence-electron chi connectivity index (χ0n) is 7.47. The minimum atomic E-state index is 0.134. The van der Waals surface area contributed by atoms with Gasteiger partial charge in [0, 0.05) is 18.7 Å². The highest BCUT2D eigenvalue weighted by molar-refractivity contribution is 5.95. The molecular formula is C9H11N3O. The Morgan fingerprint density at radius 3 is 3.00 bits per heavy atom. The highest BCUT2D eigenvalue weighted by Crippen LogP contribution is 2.21. The topological polar surface area (TPSA) is 46.1 Å². The van der Waals surface area contributed by atoms with Gasteiger partial charge in [-0.05, 0) is 12.5 Å². The lowest BCUT2D eigenvalue weighted by atomic mass is 10.1. The molecule has 0 radical (unpaired) electrons. The molecule has 1 aromatic heterocycles. The second-order valence-electron chi connectivity index (χ2n) is 3.25. The SMILES string of the molecule is CC1CCN(c2ccncn2)C1=O. The lowest BCUT2D eigenvalue weighted by molar-refractivity contribution is -0.119. The molecule has 1 aliphatic heterocycles. The van der Waals surface area contributed by atoms with Crippen molar-refractivity contribution in [1.29, 1.82) is 0 Å². The second kappa shape index (κ2) is 3.12. The molecule has 2 heterocycles. The van der Waals surface area contributed by atoms with E-state index in [2.05, 4.69) is 9.97 Å². The van der Waals surface area contributed by atoms with Gasteiger partial charge in [-0.2, -0.15) is 0 Å². The van der Waals surface area contributed by atoms with E-state index in [1.807, 2.05) is 6.92 Å². The van der Waals surface area contributed by atoms with Crippen LogP contribution >= 0.6 is 0 Å². The first-order chi connectivity index (χ1) is 6.29. The van der Waals surface area contributed by atoms with Crippen molar-refractivity contribution in [2.24, 2.45) is 5.92 Å². The van der Waals surface area contributed by atoms with Gasteiger partial charge >= 0.3 is 0 Å². The van der Waals surface area contributed by atoms with Gasteiger partial charge in [0.2, 0.25) is 5.91 Å². The quantitative estimate of drug-likeness (QED) is 0.638. The van der Waals surface area contributed by atoms with Crippen molar-refractivity contribution in [3.8, 4) is 0 Å². The van der Waals surface area contributed by atoms with Crippen molar-refractivity contribution in [2.45, 2.75) is 13.3 Å². The van der Waals surface area contributed by atoms with Gasteiger partial charge in [0.25, 0.3) is 0 Å². The zero-order valence-corrected chi connectivity index (χ0v) is 7.47. The molecule has 1 amide bonds. The normalized spacial score (nSPS) is 22.4. The Kier molecular flexibility index (Phi) is 1.96. The molecule has 2 rings (SSSR count). The molecule has 0 N–H and O–H groups in total. The first kappa shape index (κ1) is 8.16. The molecule has 1 aromatic rings. The number of aromatic nitrogens is 2. The van der Waals surface area contributed by atoms with Crippen LogP contribution in [0.4, 0.5) is 5.82 Å². The monoisotopic (exact) mass is 177 g/mol. The maximum absolute atomic E-state index is 11.6. The summed E-state index contributed by atoms with van der Waals surface area (Å²) in [6.45, 7) is 2.72. The highest BCUT2D eigenvalue weighted by atomic mass is 16.2. The van der Waals surface area contributed by atoms with E-state index in [4.69, 9.17) is 0 Å². The molecule has 1 aliphatic rings. The van der Waals surface area contributed by atoms with Gasteiger partial charge in [-0.15, -0.1) is 0 Å². The molecule has 0 bridgehead atoms. The zero-order chi connectivity index (χ0) is 9.26. The number of anilines is 1. The van der Waals surface area contributed by atoms with E-state index in [0.717, 1.165) is 13.0 Å². The summed E-state index contributed by atoms with van der Waals surface area (Å²) in [5, 5.41) is 0. The number of rotatable bonds is 1. The third kappa shape index (κ3) is 1.39. The van der Waals surface area contributed by atoms with Crippen LogP contribution in [0.3, 0.4) is 0 Å². The van der Waals surface area contributed by atoms with E-state index in [-0.39, 0.29) is 11.8 Å². The van der Waals surface area contributed by atoms with Crippen molar-refractivity contribution < 1.29 is 4.79 Å². The number of hydrogen-bond acceptors (Lipinski definition) is 3. The van der Waals surface area contributed by atoms with Crippen LogP contribution < -0.4 is 4.90 Å². The Morgan fingerprint density at radius 1 is 1.62 bits per heavy atom. The van der Waals surface area contributed by atoms with Gasteiger partial charge in [-0.1, -0.05) is 6.92 Å². The predicted molar refractivity (Wildman–Crippen MR) is 48.2 cm³/mol. The molecule has 13 heavy (non-hydrogen) atoms. The highest BCUT2D eigenvalue weighted by Gasteiger charge is 2.29. The summed E-state index contributed by atoms with van der Waals surface area (Å²) >= 11 is 0. The van der Waals surface area contributed by atoms with E-state index < -0.39 is 0 Å². The minimum Gasteiger partial charge on any atom is -0.296 e. The van der Waals surface area contributed by atoms with Crippen LogP contribution in [0.15, 0.2) is 18.6 Å². The first-order valence-electron chi connectivity index (χ1n) is 4.36. The van der Waals surface area contributed by atoms with Crippen LogP contribution in [-0.2, 0) is 4.79 Å². The third-order valence-corrected chi connectivity index (χ3v) is 2.32. The average Bonchev–Trinajstić information content (AvgIpc) is 2.49. The Labute approximate surface area is 76.6 Å². The summed E-state index contributed by atoms with van der Waals surface area (Å²) in [5.74, 6) is 1.01. The number of nitrogens with zero attached hydrogens (tertiary/aromatic N) is 3. The lowest BCUT2D eigenvalue weighted by Crippen LogP contribution is -2.26. The summed E-state index contributed by atoms with van der Waals surface area (Å²) in [4.78, 5) is 21.1. The molecule has 0 aliphatic carbocycles. The van der Waals surface area contributed by atoms with Gasteiger partial charge in [0.1, 0.15) is 12.1 Å². The summed E-state index contributed by atoms with van der Waals surface area (Å²) in [6.07, 6.45) is 4.03. The van der Waals surface area contributed by atoms with Crippen molar-refractivity contribution >= 4 is 11.7 Å². The first-order valence-corrected chi connectivity index (χ1v) is 4.36. The summed E-state index contributed by atoms with van der Waals surface area (Å²) < 4.78 is 0. The average molecular weight is 177 g/mol. The van der Waals surface area contributed by atoms with E-state index in [1.54, 1.807) is 17.2 Å². The maximum Gasteiger partial charge on any atom is 0.231 e. The number of amides is 1. The van der Waals surface area contributed by atoms with Crippen molar-refractivity contribution in [3.05, 3.63) is 18.6 Å². The van der Waals surface area contributed by atoms with Gasteiger partial charge < -0.3 is 0 Å². The Hall–Kier alpha value is -1.45. The maximum atomic E-state index is 11.6. The van der Waals surface area contributed by atoms with Gasteiger partial charge in [0.15, 0.2) is 0 Å². The summed E-state index contributed by atoms with van der Waals surface area (Å²) in [7, 11) is 0. The largest absolute Gasteiger partial charge is 0.296 e. The molecule has 68 valence electrons. The number of carbonyl (C=O) groups excluding carboxylic acids is 1. The lowest BCUT2D eigenvalue weighted by Gasteiger charge is -2.13. The number of hydrogen-bond donors (Lipinski definition) is 0. The van der Waals surface area contributed by atoms with E-state index in [0.29, 0.717) is 5.82 Å². The van der Waals surface area contributed by atoms with Crippen molar-refractivity contribution in [3.63, 3.8) is 0 Å². The van der Waals surface area contributed by atoms with Crippen LogP contribution in [0.25, 0.3) is 0 Å². The molecule has 4 heteroatoms. The van der Waals surface area contributed by atoms with Crippen LogP contribution in [0.5, 0.6) is 0 Å². The number of carbonyl (C=O) groups is 1. The van der Waals surface area contributed by atoms with Gasteiger partial charge in [-0.25, -0.2) is 9.97 Å². The standard InChI is InChI=1S/C9H11N3O/c1-7-3-5-12(9(7)13)8-2-4-10-6-11-8/h2,4,6-7H,3,5H2,1H3. The van der Waals surface area contributed by atoms with E-state index in [9.17, 15) is 4.79 Å². The van der Waals surface area contributed by atoms with Crippen molar-refractivity contribution in [1.82, 2.24) is 9.97 Å². The fourth-order valence-corrected chi connectivity index (χ4v) is 1.49. The van der Waals surface area contributed by atoms with Crippen LogP contribution in [-0.4, -0.2) is 22.4 Å². The minimum absolute atomic E-state index is 0.134. The summed E-state index contributed by atoms with van der Waals surface area (Å²) in [6, 6.07) is 1.76. The van der Waals surface area contributed by atoms with Gasteiger partial charge in [0.05, 0.1) is 0 Å². The van der Waals surface area contributed by atoms with Crippen LogP contribution in [0.1, 0.15) is 13.3 Å². The smallest absolute Gasteiger partial charge is 0.231 e. The Balaban J connectivity index is 2.24. The fourth-order valence-electron chi connectivity index (χ4n) is 1.49. The summed E-state index contributed by atoms with van der Waals surface area (Å²) in [5.41, 5.74) is 0. The molecule has 0 spiro atoms. The van der Waals surface area contributed by atoms with Gasteiger partial charge in [-0.3, -0.25) is 9.69 Å². The van der Waals surface area contributed by atoms with Crippen molar-refractivity contribution in [2.75, 3.05) is 11.4 Å². The van der Waals surface area contributed by atoms with E-state index >= 15 is 0 Å². The van der Waals surface area contributed by atoms with E-state index in [1.165, 1.54) is 6.33 Å². The molecule has 1 unspecified atom stereocenters. The molecule has 0 aromatic carbocycles. The second-order valence-corrected chi connectivity index (χ2v) is 3.25. The molecule has 0 saturated carbocycles. The Bertz CT molecular complexity index is 312. The fraction of sp³-hybridized carbons (Fsp3) is 0.444. The Morgan fingerprint density at radius 2 is 2.46 bits per heavy atom. The molecular weight excluding hydrogens is 166 g/mol. The molecule has 4 nitrogen and oxygen atoms in total. The van der Waals surface area contributed by atoms with Crippen LogP contribution in [0.2, 0.25) is 0 Å². The predicted octanol–water partition coefficient (Wildman–Crippen LogP) is 0.849. The third-order valence-electron chi connectivity index (χ3n) is 2.32.